The van der Waals surface area contributed by atoms with Crippen LogP contribution in [-0.4, -0.2) is 30.7 Å². The number of rotatable bonds is 4. The van der Waals surface area contributed by atoms with Crippen LogP contribution in [0.4, 0.5) is 5.69 Å². The van der Waals surface area contributed by atoms with Gasteiger partial charge in [0.15, 0.2) is 0 Å². The molecule has 0 fully saturated rings. The summed E-state index contributed by atoms with van der Waals surface area (Å²) in [6, 6.07) is 7.97. The Kier molecular flexibility index (Phi) is 4.59. The maximum atomic E-state index is 5.54. The molecule has 0 aliphatic rings. The molecule has 0 aliphatic carbocycles. The fourth-order valence-electron chi connectivity index (χ4n) is 1.24. The van der Waals surface area contributed by atoms with Gasteiger partial charge in [0.25, 0.3) is 0 Å². The zero-order valence-corrected chi connectivity index (χ0v) is 9.83. The third-order valence-electron chi connectivity index (χ3n) is 1.84. The number of hydrogen-bond donors (Lipinski definition) is 1. The highest BCUT2D eigenvalue weighted by atomic mass is 35.5. The number of nitrogens with zero attached hydrogens (tertiary/aromatic N) is 2. The van der Waals surface area contributed by atoms with Gasteiger partial charge in [-0.1, -0.05) is 12.1 Å². The molecule has 0 heterocycles. The van der Waals surface area contributed by atoms with Gasteiger partial charge < -0.3 is 10.6 Å². The molecule has 1 rings (SSSR count). The molecule has 0 saturated carbocycles. The smallest absolute Gasteiger partial charge is 0.115 e. The van der Waals surface area contributed by atoms with Crippen LogP contribution < -0.4 is 5.73 Å². The molecule has 0 atom stereocenters. The Labute approximate surface area is 95.6 Å². The fourth-order valence-corrected chi connectivity index (χ4v) is 1.30. The van der Waals surface area contributed by atoms with Gasteiger partial charge in [0, 0.05) is 6.54 Å². The average molecular weight is 226 g/mol. The van der Waals surface area contributed by atoms with Gasteiger partial charge in [0.2, 0.25) is 0 Å². The van der Waals surface area contributed by atoms with Gasteiger partial charge >= 0.3 is 0 Å². The van der Waals surface area contributed by atoms with E-state index in [2.05, 4.69) is 9.89 Å². The lowest BCUT2D eigenvalue weighted by molar-refractivity contribution is 0.402. The van der Waals surface area contributed by atoms with Crippen molar-refractivity contribution in [1.82, 2.24) is 4.90 Å². The van der Waals surface area contributed by atoms with Crippen LogP contribution in [-0.2, 0) is 6.54 Å². The van der Waals surface area contributed by atoms with E-state index in [0.29, 0.717) is 5.84 Å². The van der Waals surface area contributed by atoms with Crippen LogP contribution in [0.3, 0.4) is 0 Å². The summed E-state index contributed by atoms with van der Waals surface area (Å²) in [6.07, 6.45) is 0. The Morgan fingerprint density at radius 2 is 1.93 bits per heavy atom. The van der Waals surface area contributed by atoms with E-state index in [1.54, 1.807) is 0 Å². The monoisotopic (exact) mass is 225 g/mol. The molecule has 0 radical (unpaired) electrons. The van der Waals surface area contributed by atoms with Crippen LogP contribution in [0.5, 0.6) is 0 Å². The number of benzene rings is 1. The first-order chi connectivity index (χ1) is 7.11. The molecular weight excluding hydrogens is 210 g/mol. The van der Waals surface area contributed by atoms with Crippen LogP contribution in [0.1, 0.15) is 5.56 Å². The molecule has 0 unspecified atom stereocenters. The third-order valence-corrected chi connectivity index (χ3v) is 2.12. The Hall–Kier alpha value is -1.06. The highest BCUT2D eigenvalue weighted by molar-refractivity contribution is 6.28. The van der Waals surface area contributed by atoms with E-state index < -0.39 is 0 Å². The van der Waals surface area contributed by atoms with Crippen LogP contribution in [0, 0.1) is 0 Å². The zero-order chi connectivity index (χ0) is 11.3. The predicted octanol–water partition coefficient (Wildman–Crippen LogP) is 1.98. The van der Waals surface area contributed by atoms with E-state index in [9.17, 15) is 0 Å². The molecule has 0 aliphatic heterocycles. The van der Waals surface area contributed by atoms with E-state index in [-0.39, 0.29) is 5.88 Å². The summed E-state index contributed by atoms with van der Waals surface area (Å²) in [5, 5.41) is 0. The number of amidine groups is 1. The SMILES string of the molecule is CN(C)Cc1ccc(N=C(N)CCl)cc1. The van der Waals surface area contributed by atoms with Crippen molar-refractivity contribution in [3.63, 3.8) is 0 Å². The predicted molar refractivity (Wildman–Crippen MR) is 65.8 cm³/mol. The Morgan fingerprint density at radius 1 is 1.33 bits per heavy atom. The Bertz CT molecular complexity index is 330. The van der Waals surface area contributed by atoms with Crippen molar-refractivity contribution in [2.75, 3.05) is 20.0 Å². The second-order valence-electron chi connectivity index (χ2n) is 3.64. The molecule has 0 spiro atoms. The molecule has 0 bridgehead atoms. The first kappa shape index (κ1) is 12.0. The minimum Gasteiger partial charge on any atom is -0.386 e. The quantitative estimate of drug-likeness (QED) is 0.484. The van der Waals surface area contributed by atoms with Crippen LogP contribution in [0.2, 0.25) is 0 Å². The average Bonchev–Trinajstić information content (AvgIpc) is 2.20. The van der Waals surface area contributed by atoms with E-state index in [0.717, 1.165) is 12.2 Å². The summed E-state index contributed by atoms with van der Waals surface area (Å²) < 4.78 is 0. The Balaban J connectivity index is 2.72. The lowest BCUT2D eigenvalue weighted by atomic mass is 10.2. The number of hydrogen-bond acceptors (Lipinski definition) is 2. The minimum atomic E-state index is 0.263. The second-order valence-corrected chi connectivity index (χ2v) is 3.91. The van der Waals surface area contributed by atoms with Crippen LogP contribution in [0.15, 0.2) is 29.3 Å². The van der Waals surface area contributed by atoms with Crippen LogP contribution in [0.25, 0.3) is 0 Å². The van der Waals surface area contributed by atoms with Gasteiger partial charge in [-0.2, -0.15) is 0 Å². The summed E-state index contributed by atoms with van der Waals surface area (Å²) in [5.74, 6) is 0.705. The summed E-state index contributed by atoms with van der Waals surface area (Å²) in [6.45, 7) is 0.926. The van der Waals surface area contributed by atoms with Crippen molar-refractivity contribution in [2.45, 2.75) is 6.54 Å². The maximum absolute atomic E-state index is 5.54. The largest absolute Gasteiger partial charge is 0.386 e. The van der Waals surface area contributed by atoms with Gasteiger partial charge in [-0.15, -0.1) is 11.6 Å². The third kappa shape index (κ3) is 4.32. The summed E-state index contributed by atoms with van der Waals surface area (Å²) in [7, 11) is 4.08. The van der Waals surface area contributed by atoms with Gasteiger partial charge in [-0.05, 0) is 31.8 Å². The van der Waals surface area contributed by atoms with Crippen LogP contribution >= 0.6 is 11.6 Å². The molecule has 0 amide bonds. The molecule has 1 aromatic rings. The number of alkyl halides is 1. The lowest BCUT2D eigenvalue weighted by Gasteiger charge is -2.09. The highest BCUT2D eigenvalue weighted by Crippen LogP contribution is 2.13. The van der Waals surface area contributed by atoms with E-state index >= 15 is 0 Å². The first-order valence-corrected chi connectivity index (χ1v) is 5.28. The molecule has 3 nitrogen and oxygen atoms in total. The van der Waals surface area contributed by atoms with Gasteiger partial charge in [0.1, 0.15) is 5.84 Å². The summed E-state index contributed by atoms with van der Waals surface area (Å²) in [4.78, 5) is 6.26. The fraction of sp³-hybridized carbons (Fsp3) is 0.364. The standard InChI is InChI=1S/C11H16ClN3/c1-15(2)8-9-3-5-10(6-4-9)14-11(13)7-12/h3-6H,7-8H2,1-2H3,(H2,13,14). The van der Waals surface area contributed by atoms with Crippen molar-refractivity contribution < 1.29 is 0 Å². The molecule has 82 valence electrons. The Morgan fingerprint density at radius 3 is 2.40 bits per heavy atom. The van der Waals surface area contributed by atoms with Crippen molar-refractivity contribution in [1.29, 1.82) is 0 Å². The highest BCUT2D eigenvalue weighted by Gasteiger charge is 1.96. The minimum absolute atomic E-state index is 0.263. The van der Waals surface area contributed by atoms with Crippen molar-refractivity contribution in [3.8, 4) is 0 Å². The molecule has 0 saturated heterocycles. The molecule has 15 heavy (non-hydrogen) atoms. The van der Waals surface area contributed by atoms with Crippen molar-refractivity contribution in [3.05, 3.63) is 29.8 Å². The van der Waals surface area contributed by atoms with E-state index in [1.807, 2.05) is 38.4 Å². The summed E-state index contributed by atoms with van der Waals surface area (Å²) >= 11 is 5.54. The normalized spacial score (nSPS) is 12.1. The number of halogens is 1. The molecule has 1 aromatic carbocycles. The first-order valence-electron chi connectivity index (χ1n) is 4.74. The topological polar surface area (TPSA) is 41.6 Å². The van der Waals surface area contributed by atoms with Gasteiger partial charge in [-0.3, -0.25) is 0 Å². The summed E-state index contributed by atoms with van der Waals surface area (Å²) in [5.41, 5.74) is 7.63. The molecular formula is C11H16ClN3. The molecule has 2 N–H and O–H groups in total. The van der Waals surface area contributed by atoms with E-state index in [1.165, 1.54) is 5.56 Å². The molecule has 4 heteroatoms. The number of nitrogens with two attached hydrogens (primary N) is 1. The second kappa shape index (κ2) is 5.73. The van der Waals surface area contributed by atoms with Gasteiger partial charge in [-0.25, -0.2) is 4.99 Å². The maximum Gasteiger partial charge on any atom is 0.115 e. The van der Waals surface area contributed by atoms with E-state index in [4.69, 9.17) is 17.3 Å². The number of aliphatic imine (C=N–C) groups is 1. The lowest BCUT2D eigenvalue weighted by Crippen LogP contribution is -2.12. The van der Waals surface area contributed by atoms with Gasteiger partial charge in [0.05, 0.1) is 11.6 Å². The van der Waals surface area contributed by atoms with Crippen molar-refractivity contribution >= 4 is 23.1 Å². The van der Waals surface area contributed by atoms with Crippen molar-refractivity contribution in [2.24, 2.45) is 10.7 Å². The zero-order valence-electron chi connectivity index (χ0n) is 9.07. The molecule has 0 aromatic heterocycles.